The zero-order valence-electron chi connectivity index (χ0n) is 9.48. The Morgan fingerprint density at radius 2 is 1.79 bits per heavy atom. The van der Waals surface area contributed by atoms with E-state index in [0.29, 0.717) is 0 Å². The molecule has 19 heavy (non-hydrogen) atoms. The van der Waals surface area contributed by atoms with Gasteiger partial charge in [0.25, 0.3) is 0 Å². The van der Waals surface area contributed by atoms with Gasteiger partial charge in [0.15, 0.2) is 0 Å². The summed E-state index contributed by atoms with van der Waals surface area (Å²) in [7, 11) is 0. The van der Waals surface area contributed by atoms with Gasteiger partial charge in [-0.15, -0.1) is 0 Å². The highest BCUT2D eigenvalue weighted by Crippen LogP contribution is 2.34. The van der Waals surface area contributed by atoms with Crippen LogP contribution < -0.4 is 5.73 Å². The monoisotopic (exact) mass is 272 g/mol. The van der Waals surface area contributed by atoms with Crippen molar-refractivity contribution in [2.24, 2.45) is 0 Å². The first-order valence-corrected chi connectivity index (χ1v) is 5.52. The minimum atomic E-state index is -0.572. The van der Waals surface area contributed by atoms with Crippen LogP contribution in [0.4, 0.5) is 10.2 Å². The number of rotatable bonds is 1. The molecule has 1 aromatic heterocycles. The normalized spacial score (nSPS) is 9.68. The number of aromatic nitrogens is 1. The lowest BCUT2D eigenvalue weighted by Gasteiger charge is -2.10. The largest absolute Gasteiger partial charge is 0.383 e. The average Bonchev–Trinajstić information content (AvgIpc) is 2.38. The SMILES string of the molecule is N#Cc1c(N)nc(Cl)c(C#N)c1-c1ccccc1F. The fraction of sp³-hybridized carbons (Fsp3) is 0. The van der Waals surface area contributed by atoms with Crippen molar-refractivity contribution in [2.75, 3.05) is 5.73 Å². The van der Waals surface area contributed by atoms with Crippen LogP contribution in [-0.4, -0.2) is 4.98 Å². The summed E-state index contributed by atoms with van der Waals surface area (Å²) in [6, 6.07) is 9.41. The summed E-state index contributed by atoms with van der Waals surface area (Å²) < 4.78 is 13.8. The maximum atomic E-state index is 13.8. The van der Waals surface area contributed by atoms with E-state index in [0.717, 1.165) is 0 Å². The number of hydrogen-bond donors (Lipinski definition) is 1. The van der Waals surface area contributed by atoms with Crippen LogP contribution in [0, 0.1) is 28.5 Å². The molecule has 0 amide bonds. The van der Waals surface area contributed by atoms with Crippen LogP contribution in [0.3, 0.4) is 0 Å². The van der Waals surface area contributed by atoms with Gasteiger partial charge < -0.3 is 5.73 Å². The van der Waals surface area contributed by atoms with E-state index in [4.69, 9.17) is 27.9 Å². The molecular weight excluding hydrogens is 267 g/mol. The van der Waals surface area contributed by atoms with Gasteiger partial charge in [0.1, 0.15) is 34.5 Å². The number of halogens is 2. The number of hydrogen-bond acceptors (Lipinski definition) is 4. The highest BCUT2D eigenvalue weighted by molar-refractivity contribution is 6.31. The van der Waals surface area contributed by atoms with Crippen LogP contribution in [0.15, 0.2) is 24.3 Å². The van der Waals surface area contributed by atoms with Crippen molar-refractivity contribution in [1.82, 2.24) is 4.98 Å². The maximum absolute atomic E-state index is 13.8. The predicted octanol–water partition coefficient (Wildman–Crippen LogP) is 2.87. The van der Waals surface area contributed by atoms with E-state index in [-0.39, 0.29) is 33.2 Å². The molecule has 1 heterocycles. The number of nitrogens with two attached hydrogens (primary N) is 1. The summed E-state index contributed by atoms with van der Waals surface area (Å²) in [6.07, 6.45) is 0. The molecule has 0 aliphatic rings. The fourth-order valence-corrected chi connectivity index (χ4v) is 1.95. The number of benzene rings is 1. The quantitative estimate of drug-likeness (QED) is 0.809. The molecule has 0 saturated carbocycles. The molecule has 4 nitrogen and oxygen atoms in total. The van der Waals surface area contributed by atoms with Crippen molar-refractivity contribution in [3.05, 3.63) is 46.4 Å². The first-order valence-electron chi connectivity index (χ1n) is 5.14. The summed E-state index contributed by atoms with van der Waals surface area (Å²) in [5, 5.41) is 18.1. The Morgan fingerprint density at radius 3 is 2.37 bits per heavy atom. The Labute approximate surface area is 113 Å². The van der Waals surface area contributed by atoms with E-state index in [2.05, 4.69) is 4.98 Å². The van der Waals surface area contributed by atoms with Crippen molar-refractivity contribution in [3.63, 3.8) is 0 Å². The Morgan fingerprint density at radius 1 is 1.16 bits per heavy atom. The molecule has 1 aromatic carbocycles. The fourth-order valence-electron chi connectivity index (χ4n) is 1.72. The molecule has 0 bridgehead atoms. The van der Waals surface area contributed by atoms with Gasteiger partial charge in [-0.05, 0) is 6.07 Å². The van der Waals surface area contributed by atoms with Crippen molar-refractivity contribution < 1.29 is 4.39 Å². The van der Waals surface area contributed by atoms with Gasteiger partial charge in [-0.3, -0.25) is 0 Å². The second-order valence-corrected chi connectivity index (χ2v) is 3.97. The molecule has 0 unspecified atom stereocenters. The second kappa shape index (κ2) is 4.93. The van der Waals surface area contributed by atoms with Crippen molar-refractivity contribution >= 4 is 17.4 Å². The highest BCUT2D eigenvalue weighted by atomic mass is 35.5. The molecule has 0 atom stereocenters. The molecule has 0 aliphatic heterocycles. The van der Waals surface area contributed by atoms with E-state index < -0.39 is 5.82 Å². The van der Waals surface area contributed by atoms with Crippen molar-refractivity contribution in [3.8, 4) is 23.3 Å². The Kier molecular flexibility index (Phi) is 3.33. The minimum Gasteiger partial charge on any atom is -0.383 e. The van der Waals surface area contributed by atoms with E-state index >= 15 is 0 Å². The average molecular weight is 273 g/mol. The molecule has 2 aromatic rings. The van der Waals surface area contributed by atoms with Crippen molar-refractivity contribution in [1.29, 1.82) is 10.5 Å². The maximum Gasteiger partial charge on any atom is 0.149 e. The van der Waals surface area contributed by atoms with Crippen LogP contribution in [0.5, 0.6) is 0 Å². The third-order valence-corrected chi connectivity index (χ3v) is 2.82. The molecule has 0 spiro atoms. The Hall–Kier alpha value is -2.63. The summed E-state index contributed by atoms with van der Waals surface area (Å²) in [5.41, 5.74) is 5.62. The number of pyridine rings is 1. The minimum absolute atomic E-state index is 0.0638. The second-order valence-electron chi connectivity index (χ2n) is 3.62. The summed E-state index contributed by atoms with van der Waals surface area (Å²) >= 11 is 5.82. The van der Waals surface area contributed by atoms with E-state index in [1.165, 1.54) is 18.2 Å². The lowest BCUT2D eigenvalue weighted by atomic mass is 9.96. The molecule has 0 fully saturated rings. The summed E-state index contributed by atoms with van der Waals surface area (Å²) in [4.78, 5) is 3.71. The molecule has 2 rings (SSSR count). The number of nitriles is 2. The van der Waals surface area contributed by atoms with Gasteiger partial charge in [0, 0.05) is 11.1 Å². The van der Waals surface area contributed by atoms with E-state index in [1.807, 2.05) is 12.1 Å². The number of anilines is 1. The highest BCUT2D eigenvalue weighted by Gasteiger charge is 2.21. The standard InChI is InChI=1S/C13H6ClFN4/c14-12-8(5-16)11(9(6-17)13(18)19-12)7-3-1-2-4-10(7)15/h1-4H,(H2,18,19). The van der Waals surface area contributed by atoms with Crippen LogP contribution >= 0.6 is 11.6 Å². The number of nitrogen functional groups attached to an aromatic ring is 1. The van der Waals surface area contributed by atoms with Crippen LogP contribution in [0.1, 0.15) is 11.1 Å². The molecule has 2 N–H and O–H groups in total. The first kappa shape index (κ1) is 12.8. The zero-order valence-corrected chi connectivity index (χ0v) is 10.2. The topological polar surface area (TPSA) is 86.5 Å². The predicted molar refractivity (Wildman–Crippen MR) is 68.5 cm³/mol. The van der Waals surface area contributed by atoms with Crippen LogP contribution in [0.2, 0.25) is 5.15 Å². The third kappa shape index (κ3) is 2.08. The van der Waals surface area contributed by atoms with E-state index in [1.54, 1.807) is 6.07 Å². The molecule has 6 heteroatoms. The first-order chi connectivity index (χ1) is 9.10. The molecule has 92 valence electrons. The summed E-state index contributed by atoms with van der Waals surface area (Å²) in [6.45, 7) is 0. The Bertz CT molecular complexity index is 705. The van der Waals surface area contributed by atoms with Gasteiger partial charge >= 0.3 is 0 Å². The Balaban J connectivity index is 2.94. The van der Waals surface area contributed by atoms with Gasteiger partial charge in [0.05, 0.1) is 5.56 Å². The van der Waals surface area contributed by atoms with Crippen molar-refractivity contribution in [2.45, 2.75) is 0 Å². The molecule has 0 aliphatic carbocycles. The molecule has 0 saturated heterocycles. The molecular formula is C13H6ClFN4. The lowest BCUT2D eigenvalue weighted by Crippen LogP contribution is -2.02. The number of nitrogens with zero attached hydrogens (tertiary/aromatic N) is 3. The van der Waals surface area contributed by atoms with Gasteiger partial charge in [0.2, 0.25) is 0 Å². The van der Waals surface area contributed by atoms with Gasteiger partial charge in [-0.25, -0.2) is 9.37 Å². The van der Waals surface area contributed by atoms with E-state index in [9.17, 15) is 4.39 Å². The summed E-state index contributed by atoms with van der Waals surface area (Å²) in [5.74, 6) is -0.707. The van der Waals surface area contributed by atoms with Crippen LogP contribution in [0.25, 0.3) is 11.1 Å². The smallest absolute Gasteiger partial charge is 0.149 e. The van der Waals surface area contributed by atoms with Crippen LogP contribution in [-0.2, 0) is 0 Å². The molecule has 0 radical (unpaired) electrons. The zero-order chi connectivity index (χ0) is 14.0. The lowest BCUT2D eigenvalue weighted by molar-refractivity contribution is 0.631. The third-order valence-electron chi connectivity index (χ3n) is 2.55. The van der Waals surface area contributed by atoms with Gasteiger partial charge in [-0.2, -0.15) is 10.5 Å². The van der Waals surface area contributed by atoms with Gasteiger partial charge in [-0.1, -0.05) is 29.8 Å².